The molecule has 0 fully saturated rings. The first-order valence-electron chi connectivity index (χ1n) is 36.3. The van der Waals surface area contributed by atoms with Crippen LogP contribution < -0.4 is 5.32 Å². The van der Waals surface area contributed by atoms with Crippen LogP contribution in [0.3, 0.4) is 0 Å². The summed E-state index contributed by atoms with van der Waals surface area (Å²) in [6, 6.07) is -0.847. The van der Waals surface area contributed by atoms with Gasteiger partial charge >= 0.3 is 7.82 Å². The molecule has 0 aromatic heterocycles. The van der Waals surface area contributed by atoms with Crippen molar-refractivity contribution in [2.24, 2.45) is 0 Å². The molecule has 0 spiro atoms. The van der Waals surface area contributed by atoms with E-state index in [1.54, 1.807) is 6.08 Å². The second-order valence-electron chi connectivity index (χ2n) is 25.9. The Balaban J connectivity index is 3.93. The molecule has 3 atom stereocenters. The molecule has 8 nitrogen and oxygen atoms in total. The maximum atomic E-state index is 13.1. The minimum Gasteiger partial charge on any atom is -0.387 e. The van der Waals surface area contributed by atoms with Gasteiger partial charge in [-0.3, -0.25) is 13.8 Å². The molecule has 0 aliphatic heterocycles. The highest BCUT2D eigenvalue weighted by Crippen LogP contribution is 2.43. The van der Waals surface area contributed by atoms with Crippen LogP contribution in [-0.4, -0.2) is 73.4 Å². The molecule has 0 radical (unpaired) electrons. The third-order valence-corrected chi connectivity index (χ3v) is 17.4. The monoisotopic (exact) mass is 1200 g/mol. The zero-order valence-electron chi connectivity index (χ0n) is 56.4. The summed E-state index contributed by atoms with van der Waals surface area (Å²) in [5.74, 6) is -0.170. The maximum Gasteiger partial charge on any atom is 0.472 e. The van der Waals surface area contributed by atoms with Gasteiger partial charge in [-0.2, -0.15) is 0 Å². The number of nitrogens with one attached hydrogen (secondary N) is 1. The number of phosphoric acid groups is 1. The highest BCUT2D eigenvalue weighted by Gasteiger charge is 2.28. The lowest BCUT2D eigenvalue weighted by Gasteiger charge is -2.25. The van der Waals surface area contributed by atoms with Gasteiger partial charge in [-0.05, 0) is 64.2 Å². The molecule has 3 N–H and O–H groups in total. The van der Waals surface area contributed by atoms with Crippen molar-refractivity contribution in [3.8, 4) is 0 Å². The molecule has 492 valence electrons. The normalized spacial score (nSPS) is 14.0. The number of rotatable bonds is 67. The van der Waals surface area contributed by atoms with Gasteiger partial charge in [-0.15, -0.1) is 0 Å². The molecule has 84 heavy (non-hydrogen) atoms. The van der Waals surface area contributed by atoms with Gasteiger partial charge in [0.15, 0.2) is 0 Å². The van der Waals surface area contributed by atoms with Gasteiger partial charge in [0.1, 0.15) is 13.2 Å². The smallest absolute Gasteiger partial charge is 0.387 e. The van der Waals surface area contributed by atoms with E-state index in [2.05, 4.69) is 79.9 Å². The summed E-state index contributed by atoms with van der Waals surface area (Å²) in [4.78, 5) is 23.4. The number of aliphatic hydroxyl groups is 1. The van der Waals surface area contributed by atoms with Crippen molar-refractivity contribution in [2.45, 2.75) is 360 Å². The van der Waals surface area contributed by atoms with Gasteiger partial charge in [-0.25, -0.2) is 4.57 Å². The highest BCUT2D eigenvalue weighted by molar-refractivity contribution is 7.47. The fraction of sp³-hybridized carbons (Fsp3) is 0.827. The largest absolute Gasteiger partial charge is 0.472 e. The number of aliphatic hydroxyl groups excluding tert-OH is 1. The molecule has 0 aliphatic rings. The van der Waals surface area contributed by atoms with Crippen molar-refractivity contribution < 1.29 is 32.9 Å². The fourth-order valence-electron chi connectivity index (χ4n) is 10.8. The van der Waals surface area contributed by atoms with Crippen molar-refractivity contribution in [2.75, 3.05) is 40.9 Å². The van der Waals surface area contributed by atoms with Crippen LogP contribution in [0.15, 0.2) is 72.9 Å². The Hall–Kier alpha value is -2.06. The third-order valence-electron chi connectivity index (χ3n) is 16.4. The molecular formula is C75H142N2O6P+. The summed E-state index contributed by atoms with van der Waals surface area (Å²) in [6.45, 7) is 4.75. The molecule has 0 bridgehead atoms. The molecule has 0 saturated heterocycles. The van der Waals surface area contributed by atoms with Gasteiger partial charge < -0.3 is 19.8 Å². The Labute approximate surface area is 523 Å². The number of nitrogens with zero attached hydrogens (tertiary/aromatic N) is 1. The molecule has 0 heterocycles. The molecular weight excluding hydrogens is 1060 g/mol. The lowest BCUT2D eigenvalue weighted by Crippen LogP contribution is -2.45. The quantitative estimate of drug-likeness (QED) is 0.0243. The van der Waals surface area contributed by atoms with Crippen LogP contribution in [0.5, 0.6) is 0 Å². The molecule has 0 saturated carbocycles. The first kappa shape index (κ1) is 81.9. The molecule has 0 aliphatic carbocycles. The predicted molar refractivity (Wildman–Crippen MR) is 369 cm³/mol. The summed E-state index contributed by atoms with van der Waals surface area (Å²) >= 11 is 0. The Bertz CT molecular complexity index is 1600. The van der Waals surface area contributed by atoms with Gasteiger partial charge in [0.05, 0.1) is 39.9 Å². The molecule has 1 amide bonds. The minimum absolute atomic E-state index is 0.0626. The number of allylic oxidation sites excluding steroid dienone is 11. The van der Waals surface area contributed by atoms with E-state index >= 15 is 0 Å². The van der Waals surface area contributed by atoms with E-state index in [0.717, 1.165) is 70.6 Å². The number of unbranched alkanes of at least 4 members (excludes halogenated alkanes) is 44. The first-order chi connectivity index (χ1) is 41.0. The number of likely N-dealkylation sites (N-methyl/N-ethyl adjacent to an activating group) is 1. The average molecular weight is 1200 g/mol. The average Bonchev–Trinajstić information content (AvgIpc) is 3.56. The SMILES string of the molecule is CC/C=C\C/C=C\C/C=C\C/C=C\C/C=C\CCCCCCCCCCCCCCCCCCCCCCCCCCCC(=O)NC(COP(=O)(O)OCC[N+](C)(C)C)C(O)/C=C/CCCCCCCCCCCCCCCCCCCCC. The van der Waals surface area contributed by atoms with E-state index in [4.69, 9.17) is 9.05 Å². The van der Waals surface area contributed by atoms with Crippen molar-refractivity contribution in [1.29, 1.82) is 0 Å². The van der Waals surface area contributed by atoms with Gasteiger partial charge in [0.25, 0.3) is 0 Å². The Morgan fingerprint density at radius 1 is 0.417 bits per heavy atom. The summed E-state index contributed by atoms with van der Waals surface area (Å²) in [5.41, 5.74) is 0. The van der Waals surface area contributed by atoms with Crippen LogP contribution >= 0.6 is 7.82 Å². The zero-order valence-corrected chi connectivity index (χ0v) is 57.3. The molecule has 0 aromatic carbocycles. The van der Waals surface area contributed by atoms with Gasteiger partial charge in [-0.1, -0.05) is 350 Å². The number of phosphoric ester groups is 1. The van der Waals surface area contributed by atoms with Gasteiger partial charge in [0.2, 0.25) is 5.91 Å². The molecule has 3 unspecified atom stereocenters. The first-order valence-corrected chi connectivity index (χ1v) is 37.8. The van der Waals surface area contributed by atoms with Gasteiger partial charge in [0, 0.05) is 6.42 Å². The lowest BCUT2D eigenvalue weighted by atomic mass is 10.0. The van der Waals surface area contributed by atoms with Crippen LogP contribution in [0.25, 0.3) is 0 Å². The molecule has 0 aromatic rings. The van der Waals surface area contributed by atoms with Crippen LogP contribution in [0.1, 0.15) is 348 Å². The fourth-order valence-corrected chi connectivity index (χ4v) is 11.6. The van der Waals surface area contributed by atoms with E-state index in [1.807, 2.05) is 27.2 Å². The van der Waals surface area contributed by atoms with E-state index in [1.165, 1.54) is 257 Å². The van der Waals surface area contributed by atoms with Crippen LogP contribution in [0.2, 0.25) is 0 Å². The topological polar surface area (TPSA) is 105 Å². The van der Waals surface area contributed by atoms with Crippen molar-refractivity contribution in [1.82, 2.24) is 5.32 Å². The molecule has 9 heteroatoms. The molecule has 0 rings (SSSR count). The number of quaternary nitrogens is 1. The van der Waals surface area contributed by atoms with Crippen molar-refractivity contribution in [3.63, 3.8) is 0 Å². The summed E-state index contributed by atoms with van der Waals surface area (Å²) in [5, 5.41) is 14.0. The van der Waals surface area contributed by atoms with E-state index in [-0.39, 0.29) is 19.1 Å². The Kier molecular flexibility index (Phi) is 63.8. The van der Waals surface area contributed by atoms with Crippen molar-refractivity contribution in [3.05, 3.63) is 72.9 Å². The predicted octanol–water partition coefficient (Wildman–Crippen LogP) is 23.3. The summed E-state index contributed by atoms with van der Waals surface area (Å²) < 4.78 is 23.8. The van der Waals surface area contributed by atoms with E-state index in [9.17, 15) is 19.4 Å². The second kappa shape index (κ2) is 65.4. The standard InChI is InChI=1S/C75H141N2O6P/c1-6-8-10-12-14-16-18-20-22-24-26-28-29-30-31-32-33-34-35-36-37-38-39-40-41-42-43-44-45-46-47-49-51-53-55-57-59-61-63-65-67-69-75(79)76-73(72-83-84(80,81)82-71-70-77(3,4)5)74(78)68-66-64-62-60-58-56-54-52-50-48-27-25-23-21-19-17-15-13-11-9-7-2/h8,10,14,16,20,22,26,28,30-31,66,68,73-74,78H,6-7,9,11-13,15,17-19,21,23-25,27,29,32-65,67,69-72H2,1-5H3,(H-,76,79,80,81)/p+1/b10-8-,16-14-,22-20-,28-26-,31-30-,68-66+. The number of hydrogen-bond donors (Lipinski definition) is 3. The summed E-state index contributed by atoms with van der Waals surface area (Å²) in [6.07, 6.45) is 92.1. The number of hydrogen-bond acceptors (Lipinski definition) is 5. The zero-order chi connectivity index (χ0) is 61.2. The Morgan fingerprint density at radius 2 is 0.714 bits per heavy atom. The van der Waals surface area contributed by atoms with Crippen LogP contribution in [0, 0.1) is 0 Å². The van der Waals surface area contributed by atoms with E-state index in [0.29, 0.717) is 17.4 Å². The Morgan fingerprint density at radius 3 is 1.05 bits per heavy atom. The highest BCUT2D eigenvalue weighted by atomic mass is 31.2. The maximum absolute atomic E-state index is 13.1. The third kappa shape index (κ3) is 67.4. The van der Waals surface area contributed by atoms with Crippen molar-refractivity contribution >= 4 is 13.7 Å². The van der Waals surface area contributed by atoms with E-state index < -0.39 is 20.0 Å². The van der Waals surface area contributed by atoms with Crippen LogP contribution in [-0.2, 0) is 18.4 Å². The number of carbonyl (C=O) groups excluding carboxylic acids is 1. The summed E-state index contributed by atoms with van der Waals surface area (Å²) in [7, 11) is 1.59. The number of carbonyl (C=O) groups is 1. The number of amides is 1. The van der Waals surface area contributed by atoms with Crippen LogP contribution in [0.4, 0.5) is 0 Å². The second-order valence-corrected chi connectivity index (χ2v) is 27.4. The minimum atomic E-state index is -4.35. The lowest BCUT2D eigenvalue weighted by molar-refractivity contribution is -0.870.